The Morgan fingerprint density at radius 3 is 0.894 bits per heavy atom. The van der Waals surface area contributed by atoms with Gasteiger partial charge in [-0.2, -0.15) is 0 Å². The summed E-state index contributed by atoms with van der Waals surface area (Å²) in [6.45, 7) is 15.3. The van der Waals surface area contributed by atoms with E-state index in [-0.39, 0.29) is 12.6 Å². The van der Waals surface area contributed by atoms with E-state index in [9.17, 15) is 4.79 Å². The van der Waals surface area contributed by atoms with Gasteiger partial charge >= 0.3 is 5.97 Å². The van der Waals surface area contributed by atoms with E-state index < -0.39 is 0 Å². The van der Waals surface area contributed by atoms with E-state index in [4.69, 9.17) is 52.1 Å². The third-order valence-corrected chi connectivity index (χ3v) is 6.72. The number of hydrogen-bond acceptors (Lipinski definition) is 12. The minimum atomic E-state index is -0.149. The topological polar surface area (TPSA) is 119 Å². The Hall–Kier alpha value is -0.930. The first-order valence-corrected chi connectivity index (χ1v) is 18.2. The lowest BCUT2D eigenvalue weighted by molar-refractivity contribution is -0.145. The predicted octanol–water partition coefficient (Wildman–Crippen LogP) is 5.03. The first kappa shape index (κ1) is 46.1. The molecule has 0 fully saturated rings. The van der Waals surface area contributed by atoms with Crippen LogP contribution in [-0.4, -0.2) is 145 Å². The molecule has 0 N–H and O–H groups in total. The van der Waals surface area contributed by atoms with Crippen LogP contribution in [0.4, 0.5) is 0 Å². The maximum absolute atomic E-state index is 11.5. The van der Waals surface area contributed by atoms with Crippen LogP contribution >= 0.6 is 0 Å². The summed E-state index contributed by atoms with van der Waals surface area (Å²) in [7, 11) is 0. The molecule has 0 radical (unpaired) electrons. The van der Waals surface area contributed by atoms with Gasteiger partial charge in [-0.15, -0.1) is 0 Å². The fourth-order valence-electron chi connectivity index (χ4n) is 4.05. The highest BCUT2D eigenvalue weighted by Crippen LogP contribution is 2.05. The number of ether oxygens (including phenoxy) is 11. The number of carbonyl (C=O) groups is 1. The number of unbranched alkanes of at least 4 members (excludes halogenated alkanes) is 8. The molecule has 0 aromatic rings. The maximum Gasteiger partial charge on any atom is 0.305 e. The van der Waals surface area contributed by atoms with E-state index in [2.05, 4.69) is 13.8 Å². The van der Waals surface area contributed by atoms with Crippen LogP contribution in [-0.2, 0) is 56.9 Å². The molecule has 12 heteroatoms. The number of hydrogen-bond donors (Lipinski definition) is 0. The Morgan fingerprint density at radius 2 is 0.553 bits per heavy atom. The molecule has 282 valence electrons. The molecule has 0 unspecified atom stereocenters. The molecule has 0 heterocycles. The minimum Gasteiger partial charge on any atom is -0.463 e. The van der Waals surface area contributed by atoms with Gasteiger partial charge in [0.25, 0.3) is 0 Å². The standard InChI is InChI=1S/C35H70O12/c1-3-5-7-9-10-12-14-37-15-16-38-17-18-39-19-20-40-21-22-41-23-24-42-25-26-43-27-28-44-29-30-45-31-32-46-33-34-47-35(36)13-11-8-6-4-2/h3-34H2,1-2H3. The smallest absolute Gasteiger partial charge is 0.305 e. The number of rotatable bonds is 42. The molecule has 0 aromatic carbocycles. The van der Waals surface area contributed by atoms with Crippen LogP contribution in [0.2, 0.25) is 0 Å². The SMILES string of the molecule is CCCCCCCCOCCOCCOCCOCCOCCOCCOCCOCCOCCOCCOC(=O)CCCCCC. The van der Waals surface area contributed by atoms with Gasteiger partial charge in [0.05, 0.1) is 126 Å². The molecular weight excluding hydrogens is 612 g/mol. The lowest BCUT2D eigenvalue weighted by atomic mass is 10.1. The molecule has 0 aromatic heterocycles. The lowest BCUT2D eigenvalue weighted by Gasteiger charge is -2.09. The molecule has 0 bridgehead atoms. The van der Waals surface area contributed by atoms with Crippen LogP contribution in [0.15, 0.2) is 0 Å². The summed E-state index contributed by atoms with van der Waals surface area (Å²) in [5.41, 5.74) is 0. The van der Waals surface area contributed by atoms with Crippen molar-refractivity contribution in [3.05, 3.63) is 0 Å². The highest BCUT2D eigenvalue weighted by Gasteiger charge is 2.02. The van der Waals surface area contributed by atoms with Crippen molar-refractivity contribution in [2.24, 2.45) is 0 Å². The van der Waals surface area contributed by atoms with E-state index in [1.165, 1.54) is 32.1 Å². The Morgan fingerprint density at radius 1 is 0.298 bits per heavy atom. The van der Waals surface area contributed by atoms with Crippen molar-refractivity contribution in [3.8, 4) is 0 Å². The van der Waals surface area contributed by atoms with Crippen LogP contribution in [0.5, 0.6) is 0 Å². The molecule has 47 heavy (non-hydrogen) atoms. The molecule has 0 aliphatic carbocycles. The second-order valence-electron chi connectivity index (χ2n) is 10.9. The van der Waals surface area contributed by atoms with Gasteiger partial charge in [0.1, 0.15) is 6.61 Å². The van der Waals surface area contributed by atoms with Gasteiger partial charge in [-0.25, -0.2) is 0 Å². The first-order chi connectivity index (χ1) is 23.3. The Balaban J connectivity index is 3.07. The van der Waals surface area contributed by atoms with E-state index in [0.29, 0.717) is 132 Å². The van der Waals surface area contributed by atoms with Crippen LogP contribution in [0.25, 0.3) is 0 Å². The monoisotopic (exact) mass is 682 g/mol. The third kappa shape index (κ3) is 43.0. The van der Waals surface area contributed by atoms with Crippen molar-refractivity contribution < 1.29 is 56.9 Å². The molecule has 0 amide bonds. The van der Waals surface area contributed by atoms with E-state index in [1.54, 1.807) is 0 Å². The van der Waals surface area contributed by atoms with Crippen LogP contribution < -0.4 is 0 Å². The quantitative estimate of drug-likeness (QED) is 0.0635. The molecule has 0 saturated heterocycles. The van der Waals surface area contributed by atoms with Crippen molar-refractivity contribution in [1.82, 2.24) is 0 Å². The normalized spacial score (nSPS) is 11.4. The lowest BCUT2D eigenvalue weighted by Crippen LogP contribution is -2.15. The zero-order valence-corrected chi connectivity index (χ0v) is 30.0. The largest absolute Gasteiger partial charge is 0.463 e. The molecule has 0 spiro atoms. The molecule has 0 saturated carbocycles. The summed E-state index contributed by atoms with van der Waals surface area (Å²) in [4.78, 5) is 11.5. The Labute approximate surface area is 286 Å². The Kier molecular flexibility index (Phi) is 42.2. The summed E-state index contributed by atoms with van der Waals surface area (Å²) in [6.07, 6.45) is 12.4. The second-order valence-corrected chi connectivity index (χ2v) is 10.9. The van der Waals surface area contributed by atoms with Gasteiger partial charge in [-0.05, 0) is 12.8 Å². The average Bonchev–Trinajstić information content (AvgIpc) is 3.08. The van der Waals surface area contributed by atoms with Gasteiger partial charge < -0.3 is 52.1 Å². The van der Waals surface area contributed by atoms with Crippen LogP contribution in [0.1, 0.15) is 84.5 Å². The van der Waals surface area contributed by atoms with Crippen molar-refractivity contribution in [2.75, 3.05) is 139 Å². The molecule has 0 rings (SSSR count). The highest BCUT2D eigenvalue weighted by molar-refractivity contribution is 5.69. The van der Waals surface area contributed by atoms with E-state index in [1.807, 2.05) is 0 Å². The maximum atomic E-state index is 11.5. The van der Waals surface area contributed by atoms with Crippen molar-refractivity contribution in [2.45, 2.75) is 84.5 Å². The zero-order chi connectivity index (χ0) is 34.0. The fourth-order valence-corrected chi connectivity index (χ4v) is 4.05. The number of esters is 1. The summed E-state index contributed by atoms with van der Waals surface area (Å²) in [6, 6.07) is 0. The highest BCUT2D eigenvalue weighted by atomic mass is 16.6. The predicted molar refractivity (Wildman–Crippen MR) is 181 cm³/mol. The Bertz CT molecular complexity index is 585. The third-order valence-electron chi connectivity index (χ3n) is 6.72. The first-order valence-electron chi connectivity index (χ1n) is 18.2. The summed E-state index contributed by atoms with van der Waals surface area (Å²) >= 11 is 0. The van der Waals surface area contributed by atoms with E-state index in [0.717, 1.165) is 38.7 Å². The van der Waals surface area contributed by atoms with Crippen molar-refractivity contribution >= 4 is 5.97 Å². The molecule has 0 atom stereocenters. The molecular formula is C35H70O12. The number of carbonyl (C=O) groups excluding carboxylic acids is 1. The second kappa shape index (κ2) is 43.1. The van der Waals surface area contributed by atoms with Gasteiger partial charge in [-0.1, -0.05) is 65.2 Å². The van der Waals surface area contributed by atoms with Crippen molar-refractivity contribution in [1.29, 1.82) is 0 Å². The minimum absolute atomic E-state index is 0.149. The fraction of sp³-hybridized carbons (Fsp3) is 0.971. The average molecular weight is 683 g/mol. The van der Waals surface area contributed by atoms with Crippen LogP contribution in [0.3, 0.4) is 0 Å². The van der Waals surface area contributed by atoms with Gasteiger partial charge in [0.15, 0.2) is 0 Å². The summed E-state index contributed by atoms with van der Waals surface area (Å²) in [5.74, 6) is -0.149. The zero-order valence-electron chi connectivity index (χ0n) is 30.0. The van der Waals surface area contributed by atoms with Crippen molar-refractivity contribution in [3.63, 3.8) is 0 Å². The van der Waals surface area contributed by atoms with Gasteiger partial charge in [0.2, 0.25) is 0 Å². The van der Waals surface area contributed by atoms with Crippen LogP contribution in [0, 0.1) is 0 Å². The summed E-state index contributed by atoms with van der Waals surface area (Å²) < 4.78 is 60.0. The van der Waals surface area contributed by atoms with Gasteiger partial charge in [-0.3, -0.25) is 4.79 Å². The molecule has 0 aliphatic heterocycles. The van der Waals surface area contributed by atoms with Gasteiger partial charge in [0, 0.05) is 13.0 Å². The van der Waals surface area contributed by atoms with E-state index >= 15 is 0 Å². The molecule has 0 aliphatic rings. The summed E-state index contributed by atoms with van der Waals surface area (Å²) in [5, 5.41) is 0. The molecule has 12 nitrogen and oxygen atoms in total.